The third-order valence-electron chi connectivity index (χ3n) is 5.55. The predicted octanol–water partition coefficient (Wildman–Crippen LogP) is 4.31. The van der Waals surface area contributed by atoms with Gasteiger partial charge in [-0.15, -0.1) is 0 Å². The molecular weight excluding hydrogens is 262 g/mol. The van der Waals surface area contributed by atoms with Crippen LogP contribution in [0.4, 0.5) is 0 Å². The molecule has 2 unspecified atom stereocenters. The number of aliphatic carboxylic acids is 1. The van der Waals surface area contributed by atoms with Crippen LogP contribution in [-0.2, 0) is 4.79 Å². The van der Waals surface area contributed by atoms with Crippen molar-refractivity contribution in [2.45, 2.75) is 83.6 Å². The second-order valence-corrected chi connectivity index (χ2v) is 7.29. The Hall–Kier alpha value is -0.570. The van der Waals surface area contributed by atoms with Gasteiger partial charge in [0.05, 0.1) is 5.92 Å². The molecule has 2 atom stereocenters. The molecule has 0 aromatic heterocycles. The average molecular weight is 295 g/mol. The molecule has 0 radical (unpaired) electrons. The van der Waals surface area contributed by atoms with E-state index in [1.54, 1.807) is 0 Å². The van der Waals surface area contributed by atoms with Crippen molar-refractivity contribution < 1.29 is 9.90 Å². The van der Waals surface area contributed by atoms with Crippen LogP contribution in [0.1, 0.15) is 77.6 Å². The molecule has 0 amide bonds. The van der Waals surface area contributed by atoms with E-state index in [-0.39, 0.29) is 5.92 Å². The van der Waals surface area contributed by atoms with Crippen LogP contribution in [0.15, 0.2) is 0 Å². The Labute approximate surface area is 130 Å². The summed E-state index contributed by atoms with van der Waals surface area (Å²) in [5.74, 6) is -0.437. The second-order valence-electron chi connectivity index (χ2n) is 7.29. The molecule has 1 aliphatic heterocycles. The standard InChI is InChI=1S/C18H33NO2/c1-15-13-19(14-17(15)18(20)21)16-11-9-7-5-3-2-4-6-8-10-12-16/h15-17H,2-14H2,1H3,(H,20,21). The third kappa shape index (κ3) is 5.28. The van der Waals surface area contributed by atoms with Gasteiger partial charge in [-0.25, -0.2) is 0 Å². The Kier molecular flexibility index (Phi) is 7.01. The Morgan fingerprint density at radius 1 is 0.857 bits per heavy atom. The van der Waals surface area contributed by atoms with Crippen LogP contribution >= 0.6 is 0 Å². The maximum absolute atomic E-state index is 11.3. The Bertz CT molecular complexity index is 306. The molecule has 2 rings (SSSR count). The van der Waals surface area contributed by atoms with Crippen LogP contribution in [0.3, 0.4) is 0 Å². The van der Waals surface area contributed by atoms with Crippen LogP contribution in [0.25, 0.3) is 0 Å². The van der Waals surface area contributed by atoms with Gasteiger partial charge in [0.1, 0.15) is 0 Å². The summed E-state index contributed by atoms with van der Waals surface area (Å²) in [7, 11) is 0. The Morgan fingerprint density at radius 3 is 1.76 bits per heavy atom. The minimum absolute atomic E-state index is 0.147. The van der Waals surface area contributed by atoms with Crippen molar-refractivity contribution in [1.29, 1.82) is 0 Å². The van der Waals surface area contributed by atoms with E-state index < -0.39 is 5.97 Å². The smallest absolute Gasteiger partial charge is 0.308 e. The second kappa shape index (κ2) is 8.77. The molecule has 21 heavy (non-hydrogen) atoms. The van der Waals surface area contributed by atoms with Crippen LogP contribution in [-0.4, -0.2) is 35.1 Å². The van der Waals surface area contributed by atoms with E-state index in [2.05, 4.69) is 11.8 Å². The van der Waals surface area contributed by atoms with Gasteiger partial charge in [0.25, 0.3) is 0 Å². The minimum Gasteiger partial charge on any atom is -0.481 e. The van der Waals surface area contributed by atoms with Crippen LogP contribution in [0, 0.1) is 11.8 Å². The molecule has 122 valence electrons. The fourth-order valence-corrected chi connectivity index (χ4v) is 4.13. The summed E-state index contributed by atoms with van der Waals surface area (Å²) in [5.41, 5.74) is 0. The van der Waals surface area contributed by atoms with Gasteiger partial charge in [0.2, 0.25) is 0 Å². The highest BCUT2D eigenvalue weighted by Gasteiger charge is 2.37. The van der Waals surface area contributed by atoms with E-state index in [9.17, 15) is 9.90 Å². The molecule has 1 saturated heterocycles. The fraction of sp³-hybridized carbons (Fsp3) is 0.944. The molecule has 2 aliphatic rings. The highest BCUT2D eigenvalue weighted by atomic mass is 16.4. The summed E-state index contributed by atoms with van der Waals surface area (Å²) in [4.78, 5) is 13.8. The predicted molar refractivity (Wildman–Crippen MR) is 86.4 cm³/mol. The van der Waals surface area contributed by atoms with E-state index in [0.717, 1.165) is 13.1 Å². The van der Waals surface area contributed by atoms with Crippen LogP contribution in [0.5, 0.6) is 0 Å². The summed E-state index contributed by atoms with van der Waals surface area (Å²) in [6.07, 6.45) is 15.0. The lowest BCUT2D eigenvalue weighted by atomic mass is 9.97. The van der Waals surface area contributed by atoms with E-state index in [0.29, 0.717) is 12.0 Å². The third-order valence-corrected chi connectivity index (χ3v) is 5.55. The molecule has 0 aromatic carbocycles. The van der Waals surface area contributed by atoms with Gasteiger partial charge >= 0.3 is 5.97 Å². The van der Waals surface area contributed by atoms with Gasteiger partial charge in [-0.1, -0.05) is 64.7 Å². The molecule has 3 heteroatoms. The lowest BCUT2D eigenvalue weighted by Crippen LogP contribution is -2.34. The SMILES string of the molecule is CC1CN(C2CCCCCCCCCCC2)CC1C(=O)O. The molecule has 1 saturated carbocycles. The van der Waals surface area contributed by atoms with Crippen molar-refractivity contribution in [3.8, 4) is 0 Å². The first-order chi connectivity index (χ1) is 10.2. The number of nitrogens with zero attached hydrogens (tertiary/aromatic N) is 1. The topological polar surface area (TPSA) is 40.5 Å². The Morgan fingerprint density at radius 2 is 1.33 bits per heavy atom. The van der Waals surface area contributed by atoms with E-state index in [4.69, 9.17) is 0 Å². The van der Waals surface area contributed by atoms with Gasteiger partial charge in [-0.05, 0) is 18.8 Å². The summed E-state index contributed by atoms with van der Waals surface area (Å²) in [6.45, 7) is 3.87. The summed E-state index contributed by atoms with van der Waals surface area (Å²) < 4.78 is 0. The normalized spacial score (nSPS) is 31.5. The van der Waals surface area contributed by atoms with Crippen molar-refractivity contribution in [1.82, 2.24) is 4.90 Å². The molecule has 3 nitrogen and oxygen atoms in total. The molecule has 1 aliphatic carbocycles. The Balaban J connectivity index is 1.87. The van der Waals surface area contributed by atoms with Crippen molar-refractivity contribution in [3.63, 3.8) is 0 Å². The van der Waals surface area contributed by atoms with Crippen LogP contribution < -0.4 is 0 Å². The number of carboxylic acid groups (broad SMARTS) is 1. The highest BCUT2D eigenvalue weighted by molar-refractivity contribution is 5.71. The first-order valence-electron chi connectivity index (χ1n) is 9.15. The lowest BCUT2D eigenvalue weighted by molar-refractivity contribution is -0.142. The maximum atomic E-state index is 11.3. The molecule has 0 spiro atoms. The van der Waals surface area contributed by atoms with Crippen molar-refractivity contribution in [3.05, 3.63) is 0 Å². The summed E-state index contributed by atoms with van der Waals surface area (Å²) in [5, 5.41) is 9.32. The first-order valence-corrected chi connectivity index (χ1v) is 9.15. The van der Waals surface area contributed by atoms with Gasteiger partial charge < -0.3 is 5.11 Å². The fourth-order valence-electron chi connectivity index (χ4n) is 4.13. The van der Waals surface area contributed by atoms with Gasteiger partial charge in [0.15, 0.2) is 0 Å². The molecule has 0 bridgehead atoms. The van der Waals surface area contributed by atoms with Crippen molar-refractivity contribution in [2.75, 3.05) is 13.1 Å². The van der Waals surface area contributed by atoms with E-state index in [1.165, 1.54) is 70.6 Å². The highest BCUT2D eigenvalue weighted by Crippen LogP contribution is 2.29. The zero-order valence-electron chi connectivity index (χ0n) is 13.7. The molecule has 1 heterocycles. The molecule has 2 fully saturated rings. The van der Waals surface area contributed by atoms with Crippen LogP contribution in [0.2, 0.25) is 0 Å². The van der Waals surface area contributed by atoms with E-state index in [1.807, 2.05) is 0 Å². The van der Waals surface area contributed by atoms with Gasteiger partial charge in [0, 0.05) is 19.1 Å². The zero-order valence-corrected chi connectivity index (χ0v) is 13.7. The molecule has 1 N–H and O–H groups in total. The minimum atomic E-state index is -0.599. The van der Waals surface area contributed by atoms with Gasteiger partial charge in [-0.2, -0.15) is 0 Å². The number of hydrogen-bond donors (Lipinski definition) is 1. The van der Waals surface area contributed by atoms with Gasteiger partial charge in [-0.3, -0.25) is 9.69 Å². The average Bonchev–Trinajstić information content (AvgIpc) is 2.81. The number of rotatable bonds is 2. The monoisotopic (exact) mass is 295 g/mol. The summed E-state index contributed by atoms with van der Waals surface area (Å²) >= 11 is 0. The number of carboxylic acids is 1. The lowest BCUT2D eigenvalue weighted by Gasteiger charge is -2.28. The summed E-state index contributed by atoms with van der Waals surface area (Å²) in [6, 6.07) is 0.635. The largest absolute Gasteiger partial charge is 0.481 e. The quantitative estimate of drug-likeness (QED) is 0.825. The zero-order chi connectivity index (χ0) is 15.1. The van der Waals surface area contributed by atoms with E-state index >= 15 is 0 Å². The number of hydrogen-bond acceptors (Lipinski definition) is 2. The molecular formula is C18H33NO2. The van der Waals surface area contributed by atoms with Crippen molar-refractivity contribution >= 4 is 5.97 Å². The maximum Gasteiger partial charge on any atom is 0.308 e. The number of likely N-dealkylation sites (tertiary alicyclic amines) is 1. The molecule has 0 aromatic rings. The number of carbonyl (C=O) groups is 1. The van der Waals surface area contributed by atoms with Crippen molar-refractivity contribution in [2.24, 2.45) is 11.8 Å². The first kappa shape index (κ1) is 16.8.